The number of carbonyl (C=O) groups excluding carboxylic acids is 1. The van der Waals surface area contributed by atoms with Crippen molar-refractivity contribution >= 4 is 33.4 Å². The highest BCUT2D eigenvalue weighted by Crippen LogP contribution is 2.46. The summed E-state index contributed by atoms with van der Waals surface area (Å²) in [6.07, 6.45) is 4.77. The Morgan fingerprint density at radius 2 is 1.82 bits per heavy atom. The third-order valence-corrected chi connectivity index (χ3v) is 9.69. The Morgan fingerprint density at radius 1 is 0.980 bits per heavy atom. The minimum absolute atomic E-state index is 0.0634. The van der Waals surface area contributed by atoms with Crippen LogP contribution < -0.4 is 25.5 Å². The molecule has 3 N–H and O–H groups in total. The summed E-state index contributed by atoms with van der Waals surface area (Å²) in [6, 6.07) is 22.7. The van der Waals surface area contributed by atoms with Gasteiger partial charge < -0.3 is 34.4 Å². The van der Waals surface area contributed by atoms with E-state index in [4.69, 9.17) is 14.2 Å². The van der Waals surface area contributed by atoms with Crippen molar-refractivity contribution in [3.8, 4) is 34.1 Å². The maximum Gasteiger partial charge on any atom is 0.256 e. The van der Waals surface area contributed by atoms with E-state index in [0.717, 1.165) is 59.4 Å². The van der Waals surface area contributed by atoms with Crippen LogP contribution in [0.15, 0.2) is 90.0 Å². The fraction of sp³-hybridized carbons (Fsp3) is 0.250. The third kappa shape index (κ3) is 6.30. The molecule has 51 heavy (non-hydrogen) atoms. The second kappa shape index (κ2) is 13.9. The molecule has 1 amide bonds. The minimum Gasteiger partial charge on any atom is -0.497 e. The Morgan fingerprint density at radius 3 is 2.65 bits per heavy atom. The van der Waals surface area contributed by atoms with Crippen LogP contribution in [0.4, 0.5) is 10.1 Å². The molecule has 2 aromatic heterocycles. The average molecular weight is 688 g/mol. The number of methoxy groups -OCH3 is 1. The van der Waals surface area contributed by atoms with Gasteiger partial charge in [0.2, 0.25) is 5.43 Å². The number of ether oxygens (including phenoxy) is 3. The number of hydrogen-bond donors (Lipinski definition) is 3. The van der Waals surface area contributed by atoms with Gasteiger partial charge in [0.25, 0.3) is 5.91 Å². The van der Waals surface area contributed by atoms with Crippen LogP contribution in [0.25, 0.3) is 38.6 Å². The highest BCUT2D eigenvalue weighted by Gasteiger charge is 2.29. The number of rotatable bonds is 11. The van der Waals surface area contributed by atoms with Gasteiger partial charge in [-0.05, 0) is 72.5 Å². The van der Waals surface area contributed by atoms with Gasteiger partial charge in [0.05, 0.1) is 31.4 Å². The van der Waals surface area contributed by atoms with Gasteiger partial charge in [0, 0.05) is 49.5 Å². The number of aromatic nitrogens is 2. The Labute approximate surface area is 293 Å². The van der Waals surface area contributed by atoms with E-state index >= 15 is 4.39 Å². The molecule has 8 rings (SSSR count). The van der Waals surface area contributed by atoms with Gasteiger partial charge in [-0.1, -0.05) is 36.4 Å². The van der Waals surface area contributed by atoms with Crippen LogP contribution in [0.1, 0.15) is 22.3 Å². The first-order valence-electron chi connectivity index (χ1n) is 17.2. The van der Waals surface area contributed by atoms with Gasteiger partial charge in [-0.3, -0.25) is 14.5 Å². The summed E-state index contributed by atoms with van der Waals surface area (Å²) in [5, 5.41) is 7.23. The number of halogens is 1. The molecule has 1 fully saturated rings. The lowest BCUT2D eigenvalue weighted by molar-refractivity contribution is 0.0378. The molecule has 0 radical (unpaired) electrons. The molecule has 0 unspecified atom stereocenters. The van der Waals surface area contributed by atoms with Gasteiger partial charge in [-0.2, -0.15) is 0 Å². The molecule has 4 aromatic carbocycles. The summed E-state index contributed by atoms with van der Waals surface area (Å²) >= 11 is 0. The van der Waals surface area contributed by atoms with Crippen molar-refractivity contribution in [3.05, 3.63) is 112 Å². The molecule has 260 valence electrons. The van der Waals surface area contributed by atoms with Gasteiger partial charge in [-0.25, -0.2) is 4.39 Å². The van der Waals surface area contributed by atoms with Crippen molar-refractivity contribution in [1.29, 1.82) is 0 Å². The van der Waals surface area contributed by atoms with Gasteiger partial charge in [0.15, 0.2) is 17.3 Å². The van der Waals surface area contributed by atoms with Gasteiger partial charge in [-0.15, -0.1) is 0 Å². The first-order chi connectivity index (χ1) is 25.0. The molecule has 10 nitrogen and oxygen atoms in total. The van der Waals surface area contributed by atoms with Crippen molar-refractivity contribution < 1.29 is 23.4 Å². The molecule has 11 heteroatoms. The van der Waals surface area contributed by atoms with Crippen molar-refractivity contribution in [2.75, 3.05) is 58.4 Å². The van der Waals surface area contributed by atoms with E-state index in [0.29, 0.717) is 43.1 Å². The summed E-state index contributed by atoms with van der Waals surface area (Å²) in [5.41, 5.74) is 4.46. The largest absolute Gasteiger partial charge is 0.497 e. The highest BCUT2D eigenvalue weighted by atomic mass is 19.1. The minimum atomic E-state index is -0.621. The van der Waals surface area contributed by atoms with E-state index in [1.165, 1.54) is 6.07 Å². The molecule has 0 aliphatic carbocycles. The lowest BCUT2D eigenvalue weighted by Gasteiger charge is -2.28. The molecular weight excluding hydrogens is 649 g/mol. The number of carbonyl (C=O) groups is 1. The van der Waals surface area contributed by atoms with Gasteiger partial charge in [0.1, 0.15) is 22.5 Å². The Hall–Kier alpha value is -5.65. The van der Waals surface area contributed by atoms with Crippen LogP contribution >= 0.6 is 0 Å². The quantitative estimate of drug-likeness (QED) is 0.133. The SMILES string of the molecule is COc1ccc2[nH]cc(CCNC(=O)c3cn4c5c(c(NCCCN6CCOCC6)c(F)cc5c3=O)Oc3ccc(-c5ccccc5)cc3-4)c2c1. The summed E-state index contributed by atoms with van der Waals surface area (Å²) in [7, 11) is 1.62. The predicted octanol–water partition coefficient (Wildman–Crippen LogP) is 6.50. The van der Waals surface area contributed by atoms with E-state index in [1.54, 1.807) is 17.9 Å². The van der Waals surface area contributed by atoms with E-state index in [-0.39, 0.29) is 28.9 Å². The van der Waals surface area contributed by atoms with Crippen molar-refractivity contribution in [2.45, 2.75) is 12.8 Å². The molecule has 2 aliphatic heterocycles. The van der Waals surface area contributed by atoms with E-state index < -0.39 is 17.2 Å². The Balaban J connectivity index is 1.13. The van der Waals surface area contributed by atoms with Crippen LogP contribution in [-0.4, -0.2) is 73.4 Å². The smallest absolute Gasteiger partial charge is 0.256 e. The molecule has 0 bridgehead atoms. The molecule has 4 heterocycles. The normalized spacial score (nSPS) is 13.9. The summed E-state index contributed by atoms with van der Waals surface area (Å²) < 4.78 is 35.0. The summed E-state index contributed by atoms with van der Waals surface area (Å²) in [6.45, 7) is 4.82. The maximum absolute atomic E-state index is 16.0. The number of H-pyrrole nitrogens is 1. The number of morpholine rings is 1. The number of aromatic amines is 1. The first-order valence-corrected chi connectivity index (χ1v) is 17.2. The second-order valence-electron chi connectivity index (χ2n) is 12.8. The molecule has 2 aliphatic rings. The van der Waals surface area contributed by atoms with Crippen LogP contribution in [0.2, 0.25) is 0 Å². The predicted molar refractivity (Wildman–Crippen MR) is 196 cm³/mol. The van der Waals surface area contributed by atoms with Crippen molar-refractivity contribution in [2.24, 2.45) is 0 Å². The molecule has 0 spiro atoms. The average Bonchev–Trinajstić information content (AvgIpc) is 3.57. The van der Waals surface area contributed by atoms with Crippen LogP contribution in [0.5, 0.6) is 17.2 Å². The standard InChI is InChI=1S/C40H38FN5O5/c1-49-28-9-10-33-29(21-28)27(23-44-33)12-14-43-40(48)31-24-46-34-20-26(25-6-3-2-4-7-25)8-11-35(34)51-39-36(32(41)22-30(37(39)46)38(31)47)42-13-5-15-45-16-18-50-19-17-45/h2-4,6-11,20-24,42,44H,5,12-19H2,1H3,(H,43,48). The van der Waals surface area contributed by atoms with Crippen molar-refractivity contribution in [1.82, 2.24) is 19.8 Å². The van der Waals surface area contributed by atoms with Gasteiger partial charge >= 0.3 is 0 Å². The number of benzene rings is 4. The number of amides is 1. The fourth-order valence-electron chi connectivity index (χ4n) is 6.99. The lowest BCUT2D eigenvalue weighted by atomic mass is 10.0. The van der Waals surface area contributed by atoms with Crippen LogP contribution in [-0.2, 0) is 11.2 Å². The Kier molecular flexibility index (Phi) is 8.89. The van der Waals surface area contributed by atoms with Crippen LogP contribution in [0.3, 0.4) is 0 Å². The highest BCUT2D eigenvalue weighted by molar-refractivity contribution is 6.01. The monoisotopic (exact) mass is 687 g/mol. The zero-order valence-electron chi connectivity index (χ0n) is 28.3. The maximum atomic E-state index is 16.0. The summed E-state index contributed by atoms with van der Waals surface area (Å²) in [4.78, 5) is 33.3. The van der Waals surface area contributed by atoms with Crippen molar-refractivity contribution in [3.63, 3.8) is 0 Å². The third-order valence-electron chi connectivity index (χ3n) is 9.69. The molecular formula is C40H38FN5O5. The zero-order valence-corrected chi connectivity index (χ0v) is 28.3. The van der Waals surface area contributed by atoms with E-state index in [9.17, 15) is 9.59 Å². The number of fused-ring (bicyclic) bond motifs is 3. The van der Waals surface area contributed by atoms with E-state index in [1.807, 2.05) is 72.9 Å². The number of pyridine rings is 1. The first kappa shape index (κ1) is 32.5. The summed E-state index contributed by atoms with van der Waals surface area (Å²) in [5.74, 6) is 0.278. The number of anilines is 1. The Bertz CT molecular complexity index is 2310. The second-order valence-corrected chi connectivity index (χ2v) is 12.8. The number of hydrogen-bond acceptors (Lipinski definition) is 7. The van der Waals surface area contributed by atoms with Crippen LogP contribution in [0, 0.1) is 5.82 Å². The molecule has 0 atom stereocenters. The van der Waals surface area contributed by atoms with E-state index in [2.05, 4.69) is 20.5 Å². The topological polar surface area (TPSA) is 110 Å². The molecule has 0 saturated carbocycles. The number of nitrogens with zero attached hydrogens (tertiary/aromatic N) is 2. The molecule has 6 aromatic rings. The number of nitrogens with one attached hydrogen (secondary N) is 3. The lowest BCUT2D eigenvalue weighted by Crippen LogP contribution is -2.37. The fourth-order valence-corrected chi connectivity index (χ4v) is 6.99. The zero-order chi connectivity index (χ0) is 34.9. The molecule has 1 saturated heterocycles.